The van der Waals surface area contributed by atoms with Crippen molar-refractivity contribution in [3.8, 4) is 0 Å². The van der Waals surface area contributed by atoms with E-state index in [1.54, 1.807) is 0 Å². The summed E-state index contributed by atoms with van der Waals surface area (Å²) >= 11 is 1.83. The molecule has 6 nitrogen and oxygen atoms in total. The van der Waals surface area contributed by atoms with E-state index in [0.717, 1.165) is 44.3 Å². The molecule has 1 aliphatic heterocycles. The predicted octanol–water partition coefficient (Wildman–Crippen LogP) is 3.78. The Morgan fingerprint density at radius 1 is 1.24 bits per heavy atom. The molecule has 1 atom stereocenters. The van der Waals surface area contributed by atoms with Crippen LogP contribution in [0.25, 0.3) is 0 Å². The summed E-state index contributed by atoms with van der Waals surface area (Å²) in [5.74, 6) is 2.94. The topological polar surface area (TPSA) is 73.1 Å². The van der Waals surface area contributed by atoms with Crippen LogP contribution in [-0.2, 0) is 11.3 Å². The van der Waals surface area contributed by atoms with Crippen LogP contribution in [0, 0.1) is 5.92 Å². The van der Waals surface area contributed by atoms with Crippen LogP contribution in [0.2, 0.25) is 0 Å². The van der Waals surface area contributed by atoms with Gasteiger partial charge in [-0.25, -0.2) is 4.98 Å². The minimum absolute atomic E-state index is 0.0791. The Morgan fingerprint density at radius 2 is 2.04 bits per heavy atom. The van der Waals surface area contributed by atoms with Gasteiger partial charge in [0, 0.05) is 42.7 Å². The lowest BCUT2D eigenvalue weighted by molar-refractivity contribution is 0.0486. The van der Waals surface area contributed by atoms with Crippen LogP contribution in [0.5, 0.6) is 0 Å². The molecule has 0 bridgehead atoms. The van der Waals surface area contributed by atoms with Crippen molar-refractivity contribution in [2.24, 2.45) is 5.92 Å². The molecule has 2 aromatic heterocycles. The molecule has 1 unspecified atom stereocenters. The van der Waals surface area contributed by atoms with Crippen molar-refractivity contribution < 1.29 is 9.26 Å². The zero-order valence-corrected chi connectivity index (χ0v) is 15.7. The Hall–Kier alpha value is -1.31. The molecule has 0 amide bonds. The van der Waals surface area contributed by atoms with Crippen molar-refractivity contribution in [1.29, 1.82) is 0 Å². The van der Waals surface area contributed by atoms with E-state index in [0.29, 0.717) is 11.8 Å². The Kier molecular flexibility index (Phi) is 5.15. The first-order valence-corrected chi connectivity index (χ1v) is 10.1. The van der Waals surface area contributed by atoms with Gasteiger partial charge < -0.3 is 14.6 Å². The number of hydrogen-bond donors (Lipinski definition) is 1. The van der Waals surface area contributed by atoms with Gasteiger partial charge >= 0.3 is 0 Å². The largest absolute Gasteiger partial charge is 0.381 e. The lowest BCUT2D eigenvalue weighted by Gasteiger charge is -2.28. The zero-order chi connectivity index (χ0) is 17.2. The lowest BCUT2D eigenvalue weighted by atomic mass is 9.91. The number of nitrogens with zero attached hydrogens (tertiary/aromatic N) is 3. The smallest absolute Gasteiger partial charge is 0.244 e. The van der Waals surface area contributed by atoms with Gasteiger partial charge in [0.25, 0.3) is 0 Å². The highest BCUT2D eigenvalue weighted by Gasteiger charge is 2.31. The van der Waals surface area contributed by atoms with E-state index in [-0.39, 0.29) is 12.0 Å². The van der Waals surface area contributed by atoms with E-state index in [4.69, 9.17) is 9.26 Å². The van der Waals surface area contributed by atoms with E-state index in [1.165, 1.54) is 22.7 Å². The predicted molar refractivity (Wildman–Crippen MR) is 95.6 cm³/mol. The van der Waals surface area contributed by atoms with E-state index in [1.807, 2.05) is 17.5 Å². The maximum atomic E-state index is 5.61. The molecule has 3 heterocycles. The molecule has 25 heavy (non-hydrogen) atoms. The van der Waals surface area contributed by atoms with Crippen LogP contribution < -0.4 is 5.32 Å². The molecule has 4 rings (SSSR count). The fraction of sp³-hybridized carbons (Fsp3) is 0.722. The summed E-state index contributed by atoms with van der Waals surface area (Å²) in [4.78, 5) is 10.5. The van der Waals surface area contributed by atoms with Crippen molar-refractivity contribution in [1.82, 2.24) is 20.4 Å². The van der Waals surface area contributed by atoms with Crippen LogP contribution in [-0.4, -0.2) is 28.3 Å². The van der Waals surface area contributed by atoms with E-state index in [9.17, 15) is 0 Å². The van der Waals surface area contributed by atoms with Gasteiger partial charge in [0.1, 0.15) is 0 Å². The minimum atomic E-state index is 0.0791. The highest BCUT2D eigenvalue weighted by molar-refractivity contribution is 7.11. The maximum Gasteiger partial charge on any atom is 0.244 e. The Morgan fingerprint density at radius 3 is 2.72 bits per heavy atom. The summed E-state index contributed by atoms with van der Waals surface area (Å²) in [7, 11) is 0. The van der Waals surface area contributed by atoms with Crippen LogP contribution in [0.3, 0.4) is 0 Å². The normalized spacial score (nSPS) is 20.3. The maximum absolute atomic E-state index is 5.61. The SMILES string of the molecule is CC(C)c1noc(C(NCc2cnc(C3CC3)s2)C2CCOCC2)n1. The summed E-state index contributed by atoms with van der Waals surface area (Å²) in [6.45, 7) is 6.58. The number of rotatable bonds is 7. The van der Waals surface area contributed by atoms with Crippen molar-refractivity contribution in [2.45, 2.75) is 64.0 Å². The third-order valence-electron chi connectivity index (χ3n) is 4.97. The molecule has 1 saturated carbocycles. The monoisotopic (exact) mass is 362 g/mol. The summed E-state index contributed by atoms with van der Waals surface area (Å²) in [6, 6.07) is 0.0791. The average Bonchev–Trinajstić information content (AvgIpc) is 3.17. The summed E-state index contributed by atoms with van der Waals surface area (Å²) in [5, 5.41) is 9.11. The highest BCUT2D eigenvalue weighted by Crippen LogP contribution is 2.41. The quantitative estimate of drug-likeness (QED) is 0.808. The average molecular weight is 362 g/mol. The summed E-state index contributed by atoms with van der Waals surface area (Å²) < 4.78 is 11.1. The molecule has 1 aliphatic carbocycles. The van der Waals surface area contributed by atoms with Gasteiger partial charge in [-0.15, -0.1) is 11.3 Å². The van der Waals surface area contributed by atoms with Crippen LogP contribution in [0.15, 0.2) is 10.7 Å². The van der Waals surface area contributed by atoms with Gasteiger partial charge in [0.2, 0.25) is 5.89 Å². The molecule has 2 fully saturated rings. The Labute approximate surface area is 152 Å². The first-order valence-electron chi connectivity index (χ1n) is 9.30. The van der Waals surface area contributed by atoms with Gasteiger partial charge in [-0.2, -0.15) is 4.98 Å². The van der Waals surface area contributed by atoms with Gasteiger partial charge in [-0.3, -0.25) is 0 Å². The van der Waals surface area contributed by atoms with Crippen molar-refractivity contribution >= 4 is 11.3 Å². The molecule has 0 radical (unpaired) electrons. The Balaban J connectivity index is 1.47. The van der Waals surface area contributed by atoms with Crippen LogP contribution in [0.1, 0.15) is 79.0 Å². The molecule has 1 saturated heterocycles. The van der Waals surface area contributed by atoms with E-state index < -0.39 is 0 Å². The summed E-state index contributed by atoms with van der Waals surface area (Å²) in [6.07, 6.45) is 6.65. The van der Waals surface area contributed by atoms with Gasteiger partial charge in [-0.1, -0.05) is 19.0 Å². The minimum Gasteiger partial charge on any atom is -0.381 e. The second-order valence-electron chi connectivity index (χ2n) is 7.39. The standard InChI is InChI=1S/C18H26N4O2S/c1-11(2)16-21-17(24-22-16)15(12-5-7-23-8-6-12)19-9-14-10-20-18(25-14)13-3-4-13/h10-13,15,19H,3-9H2,1-2H3. The highest BCUT2D eigenvalue weighted by atomic mass is 32.1. The summed E-state index contributed by atoms with van der Waals surface area (Å²) in [5.41, 5.74) is 0. The number of ether oxygens (including phenoxy) is 1. The first-order chi connectivity index (χ1) is 12.2. The molecule has 1 N–H and O–H groups in total. The molecule has 0 spiro atoms. The van der Waals surface area contributed by atoms with Crippen molar-refractivity contribution in [2.75, 3.05) is 13.2 Å². The molecule has 2 aliphatic rings. The third kappa shape index (κ3) is 4.10. The number of aromatic nitrogens is 3. The zero-order valence-electron chi connectivity index (χ0n) is 14.9. The fourth-order valence-corrected chi connectivity index (χ4v) is 4.28. The van der Waals surface area contributed by atoms with Gasteiger partial charge in [0.05, 0.1) is 11.0 Å². The molecule has 0 aromatic carbocycles. The second-order valence-corrected chi connectivity index (χ2v) is 8.54. The van der Waals surface area contributed by atoms with Crippen molar-refractivity contribution in [3.63, 3.8) is 0 Å². The number of thiazole rings is 1. The van der Waals surface area contributed by atoms with E-state index >= 15 is 0 Å². The van der Waals surface area contributed by atoms with Gasteiger partial charge in [0.15, 0.2) is 5.82 Å². The van der Waals surface area contributed by atoms with Crippen LogP contribution in [0.4, 0.5) is 0 Å². The lowest BCUT2D eigenvalue weighted by Crippen LogP contribution is -2.32. The number of nitrogens with one attached hydrogen (secondary N) is 1. The second kappa shape index (κ2) is 7.51. The fourth-order valence-electron chi connectivity index (χ4n) is 3.25. The molecule has 2 aromatic rings. The molecule has 7 heteroatoms. The Bertz CT molecular complexity index is 689. The van der Waals surface area contributed by atoms with Crippen molar-refractivity contribution in [3.05, 3.63) is 27.8 Å². The van der Waals surface area contributed by atoms with E-state index in [2.05, 4.69) is 34.3 Å². The van der Waals surface area contributed by atoms with Gasteiger partial charge in [-0.05, 0) is 31.6 Å². The first kappa shape index (κ1) is 17.1. The number of hydrogen-bond acceptors (Lipinski definition) is 7. The molecular weight excluding hydrogens is 336 g/mol. The third-order valence-corrected chi connectivity index (χ3v) is 6.13. The molecule has 136 valence electrons. The van der Waals surface area contributed by atoms with Crippen LogP contribution >= 0.6 is 11.3 Å². The molecular formula is C18H26N4O2S.